The van der Waals surface area contributed by atoms with E-state index < -0.39 is 20.2 Å². The van der Waals surface area contributed by atoms with Gasteiger partial charge in [-0.1, -0.05) is 0 Å². The Morgan fingerprint density at radius 3 is 0.615 bits per heavy atom. The molecule has 80 valence electrons. The summed E-state index contributed by atoms with van der Waals surface area (Å²) < 4.78 is 1.71. The third-order valence-electron chi connectivity index (χ3n) is 2.01. The summed E-state index contributed by atoms with van der Waals surface area (Å²) in [5.41, 5.74) is 0. The Balaban J connectivity index is 5.02. The van der Waals surface area contributed by atoms with Crippen LogP contribution in [0.3, 0.4) is 0 Å². The number of rotatable bonds is 0. The zero-order valence-electron chi connectivity index (χ0n) is 10.9. The molecule has 0 fully saturated rings. The van der Waals surface area contributed by atoms with Crippen molar-refractivity contribution in [2.75, 3.05) is 0 Å². The molecule has 1 heteroatoms. The van der Waals surface area contributed by atoms with Gasteiger partial charge in [-0.15, -0.1) is 0 Å². The van der Waals surface area contributed by atoms with Gasteiger partial charge in [0.25, 0.3) is 0 Å². The van der Waals surface area contributed by atoms with Crippen LogP contribution in [0.25, 0.3) is 0 Å². The van der Waals surface area contributed by atoms with Crippen LogP contribution in [0.5, 0.6) is 0 Å². The van der Waals surface area contributed by atoms with Crippen molar-refractivity contribution in [3.05, 3.63) is 0 Å². The Hall–Kier alpha value is 0.818. The van der Waals surface area contributed by atoms with E-state index >= 15 is 0 Å². The molecule has 0 rings (SSSR count). The van der Waals surface area contributed by atoms with Gasteiger partial charge in [0.15, 0.2) is 0 Å². The zero-order valence-corrected chi connectivity index (χ0v) is 13.5. The van der Waals surface area contributed by atoms with Crippen LogP contribution < -0.4 is 0 Å². The number of hydrogen-bond donors (Lipinski definition) is 0. The molecule has 0 aromatic heterocycles. The molecule has 0 aliphatic heterocycles. The summed E-state index contributed by atoms with van der Waals surface area (Å²) >= 11 is -1.29. The molecule has 0 unspecified atom stereocenters. The first-order valence-corrected chi connectivity index (χ1v) is 9.00. The summed E-state index contributed by atoms with van der Waals surface area (Å²) in [6.07, 6.45) is 0. The van der Waals surface area contributed by atoms with Crippen LogP contribution in [-0.4, -0.2) is 20.2 Å². The van der Waals surface area contributed by atoms with Crippen molar-refractivity contribution in [3.63, 3.8) is 0 Å². The summed E-state index contributed by atoms with van der Waals surface area (Å²) in [6, 6.07) is 0. The molecular formula is C12H27Sb. The molecule has 0 amide bonds. The molecule has 0 saturated heterocycles. The topological polar surface area (TPSA) is 0 Å². The van der Waals surface area contributed by atoms with Crippen LogP contribution >= 0.6 is 0 Å². The molecule has 0 spiro atoms. The number of hydrogen-bond acceptors (Lipinski definition) is 0. The average molecular weight is 293 g/mol. The quantitative estimate of drug-likeness (QED) is 0.558. The first-order valence-electron chi connectivity index (χ1n) is 5.17. The second-order valence-electron chi connectivity index (χ2n) is 6.85. The van der Waals surface area contributed by atoms with Crippen LogP contribution in [0.4, 0.5) is 0 Å². The molecular weight excluding hydrogens is 266 g/mol. The van der Waals surface area contributed by atoms with E-state index in [4.69, 9.17) is 0 Å². The molecule has 0 nitrogen and oxygen atoms in total. The Labute approximate surface area is 92.4 Å². The Morgan fingerprint density at radius 2 is 0.615 bits per heavy atom. The predicted molar refractivity (Wildman–Crippen MR) is 64.9 cm³/mol. The minimum absolute atomic E-state index is 0.569. The van der Waals surface area contributed by atoms with Crippen molar-refractivity contribution in [2.24, 2.45) is 0 Å². The van der Waals surface area contributed by atoms with E-state index in [1.165, 1.54) is 0 Å². The summed E-state index contributed by atoms with van der Waals surface area (Å²) in [6.45, 7) is 21.9. The van der Waals surface area contributed by atoms with Gasteiger partial charge in [0, 0.05) is 0 Å². The Bertz CT molecular complexity index is 128. The first-order chi connectivity index (χ1) is 5.37. The fraction of sp³-hybridized carbons (Fsp3) is 1.00. The van der Waals surface area contributed by atoms with Gasteiger partial charge < -0.3 is 0 Å². The van der Waals surface area contributed by atoms with E-state index in [1.54, 1.807) is 0 Å². The first kappa shape index (κ1) is 13.8. The van der Waals surface area contributed by atoms with Crippen molar-refractivity contribution in [2.45, 2.75) is 72.4 Å². The van der Waals surface area contributed by atoms with Crippen LogP contribution in [0.1, 0.15) is 62.3 Å². The van der Waals surface area contributed by atoms with Crippen molar-refractivity contribution >= 4 is 20.2 Å². The van der Waals surface area contributed by atoms with Gasteiger partial charge in [0.05, 0.1) is 0 Å². The molecule has 0 saturated carbocycles. The second kappa shape index (κ2) is 3.76. The van der Waals surface area contributed by atoms with Crippen molar-refractivity contribution in [1.29, 1.82) is 0 Å². The summed E-state index contributed by atoms with van der Waals surface area (Å²) in [7, 11) is 0. The normalized spacial score (nSPS) is 15.2. The van der Waals surface area contributed by atoms with Gasteiger partial charge in [0.1, 0.15) is 0 Å². The van der Waals surface area contributed by atoms with Gasteiger partial charge in [-0.05, 0) is 0 Å². The summed E-state index contributed by atoms with van der Waals surface area (Å²) in [5.74, 6) is 0. The fourth-order valence-electron chi connectivity index (χ4n) is 3.02. The molecule has 0 aromatic rings. The Morgan fingerprint density at radius 1 is 0.462 bits per heavy atom. The van der Waals surface area contributed by atoms with E-state index in [2.05, 4.69) is 62.3 Å². The van der Waals surface area contributed by atoms with E-state index in [9.17, 15) is 0 Å². The molecule has 0 atom stereocenters. The van der Waals surface area contributed by atoms with Gasteiger partial charge >= 0.3 is 92.6 Å². The monoisotopic (exact) mass is 292 g/mol. The van der Waals surface area contributed by atoms with Crippen LogP contribution in [0, 0.1) is 0 Å². The molecule has 0 bridgehead atoms. The van der Waals surface area contributed by atoms with Crippen LogP contribution in [0.15, 0.2) is 0 Å². The fourth-order valence-corrected chi connectivity index (χ4v) is 20.2. The van der Waals surface area contributed by atoms with Crippen molar-refractivity contribution in [1.82, 2.24) is 0 Å². The average Bonchev–Trinajstić information content (AvgIpc) is 1.44. The third-order valence-corrected chi connectivity index (χ3v) is 13.5. The molecule has 0 heterocycles. The van der Waals surface area contributed by atoms with E-state index in [0.717, 1.165) is 0 Å². The SMILES string of the molecule is C[C](C)(C)[Sb]([C](C)(C)C)[C](C)(C)C. The molecule has 0 radical (unpaired) electrons. The molecule has 0 aliphatic carbocycles. The molecule has 13 heavy (non-hydrogen) atoms. The van der Waals surface area contributed by atoms with Gasteiger partial charge in [0.2, 0.25) is 0 Å². The van der Waals surface area contributed by atoms with E-state index in [1.807, 2.05) is 0 Å². The third kappa shape index (κ3) is 4.24. The maximum absolute atomic E-state index is 2.44. The van der Waals surface area contributed by atoms with Gasteiger partial charge in [-0.3, -0.25) is 0 Å². The standard InChI is InChI=1S/3C4H9.Sb/c3*1-4(2)3;/h3*1-3H3;. The predicted octanol–water partition coefficient (Wildman–Crippen LogP) is 4.88. The van der Waals surface area contributed by atoms with Crippen LogP contribution in [0.2, 0.25) is 10.1 Å². The van der Waals surface area contributed by atoms with Crippen LogP contribution in [-0.2, 0) is 0 Å². The molecule has 0 N–H and O–H groups in total. The van der Waals surface area contributed by atoms with E-state index in [-0.39, 0.29) is 0 Å². The Kier molecular flexibility index (Phi) is 4.00. The van der Waals surface area contributed by atoms with Crippen molar-refractivity contribution < 1.29 is 0 Å². The summed E-state index contributed by atoms with van der Waals surface area (Å²) in [5, 5.41) is 0. The van der Waals surface area contributed by atoms with Gasteiger partial charge in [-0.2, -0.15) is 0 Å². The maximum atomic E-state index is 2.44. The molecule has 0 aliphatic rings. The van der Waals surface area contributed by atoms with Gasteiger partial charge in [-0.25, -0.2) is 0 Å². The second-order valence-corrected chi connectivity index (χ2v) is 20.2. The van der Waals surface area contributed by atoms with E-state index in [0.29, 0.717) is 10.1 Å². The minimum atomic E-state index is -1.29. The van der Waals surface area contributed by atoms with Crippen molar-refractivity contribution in [3.8, 4) is 0 Å². The molecule has 0 aromatic carbocycles. The zero-order chi connectivity index (χ0) is 11.1. The summed E-state index contributed by atoms with van der Waals surface area (Å²) in [4.78, 5) is 0.